The highest BCUT2D eigenvalue weighted by molar-refractivity contribution is 7.54. The second-order valence-electron chi connectivity index (χ2n) is 7.35. The Labute approximate surface area is 150 Å². The third kappa shape index (κ3) is 3.79. The molecule has 2 aromatic carbocycles. The zero-order valence-corrected chi connectivity index (χ0v) is 16.1. The van der Waals surface area contributed by atoms with E-state index in [1.54, 1.807) is 0 Å². The summed E-state index contributed by atoms with van der Waals surface area (Å²) < 4.78 is 24.8. The highest BCUT2D eigenvalue weighted by atomic mass is 31.2. The third-order valence-corrected chi connectivity index (χ3v) is 6.97. The Morgan fingerprint density at radius 1 is 0.840 bits per heavy atom. The summed E-state index contributed by atoms with van der Waals surface area (Å²) in [6, 6.07) is 20.2. The first-order valence-corrected chi connectivity index (χ1v) is 10.3. The molecule has 1 aliphatic rings. The van der Waals surface area contributed by atoms with Gasteiger partial charge in [0.1, 0.15) is 11.2 Å². The van der Waals surface area contributed by atoms with Gasteiger partial charge in [-0.15, -0.1) is 0 Å². The van der Waals surface area contributed by atoms with Crippen LogP contribution in [0.25, 0.3) is 5.57 Å². The first-order chi connectivity index (χ1) is 11.7. The maximum atomic E-state index is 13.1. The molecule has 0 unspecified atom stereocenters. The fourth-order valence-corrected chi connectivity index (χ4v) is 5.27. The number of rotatable bonds is 4. The SMILES string of the molecule is CC1(C)OP(=O)(CC=C(c2ccccc2)c2ccccc2)OC1(C)C. The van der Waals surface area contributed by atoms with E-state index in [9.17, 15) is 4.57 Å². The minimum Gasteiger partial charge on any atom is -0.299 e. The van der Waals surface area contributed by atoms with Crippen LogP contribution in [0.3, 0.4) is 0 Å². The molecule has 0 N–H and O–H groups in total. The van der Waals surface area contributed by atoms with Gasteiger partial charge in [-0.05, 0) is 44.4 Å². The van der Waals surface area contributed by atoms with E-state index < -0.39 is 18.8 Å². The van der Waals surface area contributed by atoms with Gasteiger partial charge in [0.15, 0.2) is 0 Å². The van der Waals surface area contributed by atoms with E-state index in [-0.39, 0.29) is 6.16 Å². The van der Waals surface area contributed by atoms with E-state index >= 15 is 0 Å². The van der Waals surface area contributed by atoms with Crippen molar-refractivity contribution in [1.29, 1.82) is 0 Å². The molecular weight excluding hydrogens is 331 g/mol. The molecule has 1 fully saturated rings. The molecule has 1 heterocycles. The predicted octanol–water partition coefficient (Wildman–Crippen LogP) is 5.92. The molecule has 0 radical (unpaired) electrons. The van der Waals surface area contributed by atoms with Crippen LogP contribution in [-0.2, 0) is 13.6 Å². The molecule has 3 nitrogen and oxygen atoms in total. The van der Waals surface area contributed by atoms with Crippen LogP contribution in [0.5, 0.6) is 0 Å². The van der Waals surface area contributed by atoms with E-state index in [2.05, 4.69) is 24.3 Å². The third-order valence-electron chi connectivity index (χ3n) is 4.87. The molecule has 1 saturated heterocycles. The Hall–Kier alpha value is -1.67. The fourth-order valence-electron chi connectivity index (χ4n) is 2.85. The van der Waals surface area contributed by atoms with Gasteiger partial charge >= 0.3 is 7.60 Å². The number of benzene rings is 2. The number of allylic oxidation sites excluding steroid dienone is 1. The average molecular weight is 356 g/mol. The minimum atomic E-state index is -3.18. The van der Waals surface area contributed by atoms with Crippen molar-refractivity contribution in [2.45, 2.75) is 38.9 Å². The molecule has 1 aliphatic heterocycles. The van der Waals surface area contributed by atoms with Crippen molar-refractivity contribution < 1.29 is 13.6 Å². The highest BCUT2D eigenvalue weighted by Crippen LogP contribution is 2.64. The maximum Gasteiger partial charge on any atom is 0.335 e. The standard InChI is InChI=1S/C21H25O3P/c1-20(2)21(3,4)24-25(22,23-20)16-15-19(17-11-7-5-8-12-17)18-13-9-6-10-14-18/h5-15H,16H2,1-4H3. The van der Waals surface area contributed by atoms with Crippen molar-refractivity contribution in [3.05, 3.63) is 77.9 Å². The largest absolute Gasteiger partial charge is 0.335 e. The summed E-state index contributed by atoms with van der Waals surface area (Å²) in [5.41, 5.74) is 2.02. The number of hydrogen-bond donors (Lipinski definition) is 0. The monoisotopic (exact) mass is 356 g/mol. The van der Waals surface area contributed by atoms with Gasteiger partial charge in [0, 0.05) is 0 Å². The maximum absolute atomic E-state index is 13.1. The first-order valence-electron chi connectivity index (χ1n) is 8.54. The Morgan fingerprint density at radius 3 is 1.64 bits per heavy atom. The van der Waals surface area contributed by atoms with Crippen LogP contribution in [0.2, 0.25) is 0 Å². The molecule has 0 bridgehead atoms. The van der Waals surface area contributed by atoms with E-state index in [0.29, 0.717) is 0 Å². The molecule has 4 heteroatoms. The zero-order chi connectivity index (χ0) is 18.1. The van der Waals surface area contributed by atoms with E-state index in [1.165, 1.54) is 0 Å². The molecule has 3 rings (SSSR count). The van der Waals surface area contributed by atoms with Crippen LogP contribution in [-0.4, -0.2) is 17.4 Å². The van der Waals surface area contributed by atoms with Crippen molar-refractivity contribution >= 4 is 13.2 Å². The van der Waals surface area contributed by atoms with E-state index in [1.807, 2.05) is 70.2 Å². The second kappa shape index (κ2) is 6.57. The van der Waals surface area contributed by atoms with Gasteiger partial charge in [-0.25, -0.2) is 0 Å². The molecular formula is C21H25O3P. The summed E-state index contributed by atoms with van der Waals surface area (Å²) in [6.45, 7) is 7.69. The van der Waals surface area contributed by atoms with Crippen LogP contribution in [0, 0.1) is 0 Å². The van der Waals surface area contributed by atoms with E-state index in [4.69, 9.17) is 9.05 Å². The second-order valence-corrected chi connectivity index (χ2v) is 9.30. The summed E-state index contributed by atoms with van der Waals surface area (Å²) >= 11 is 0. The quantitative estimate of drug-likeness (QED) is 0.638. The zero-order valence-electron chi connectivity index (χ0n) is 15.2. The molecule has 25 heavy (non-hydrogen) atoms. The smallest absolute Gasteiger partial charge is 0.299 e. The van der Waals surface area contributed by atoms with Crippen molar-refractivity contribution in [3.63, 3.8) is 0 Å². The van der Waals surface area contributed by atoms with Crippen LogP contribution in [0.1, 0.15) is 38.8 Å². The lowest BCUT2D eigenvalue weighted by Crippen LogP contribution is -2.41. The normalized spacial score (nSPS) is 20.2. The van der Waals surface area contributed by atoms with Crippen LogP contribution < -0.4 is 0 Å². The van der Waals surface area contributed by atoms with Gasteiger partial charge in [0.25, 0.3) is 0 Å². The van der Waals surface area contributed by atoms with Crippen molar-refractivity contribution in [2.24, 2.45) is 0 Å². The molecule has 0 aromatic heterocycles. The lowest BCUT2D eigenvalue weighted by atomic mass is 9.90. The van der Waals surface area contributed by atoms with Gasteiger partial charge in [-0.3, -0.25) is 13.6 Å². The lowest BCUT2D eigenvalue weighted by molar-refractivity contribution is 0.00578. The highest BCUT2D eigenvalue weighted by Gasteiger charge is 2.54. The molecule has 0 atom stereocenters. The molecule has 2 aromatic rings. The number of hydrogen-bond acceptors (Lipinski definition) is 3. The Kier molecular flexibility index (Phi) is 4.76. The van der Waals surface area contributed by atoms with Gasteiger partial charge < -0.3 is 0 Å². The average Bonchev–Trinajstić information content (AvgIpc) is 2.72. The van der Waals surface area contributed by atoms with Gasteiger partial charge in [-0.1, -0.05) is 66.7 Å². The lowest BCUT2D eigenvalue weighted by Gasteiger charge is -2.29. The van der Waals surface area contributed by atoms with Crippen LogP contribution in [0.4, 0.5) is 0 Å². The van der Waals surface area contributed by atoms with Crippen LogP contribution >= 0.6 is 7.60 Å². The van der Waals surface area contributed by atoms with Gasteiger partial charge in [0.05, 0.1) is 6.16 Å². The Balaban J connectivity index is 1.95. The summed E-state index contributed by atoms with van der Waals surface area (Å²) in [4.78, 5) is 0. The molecule has 132 valence electrons. The Morgan fingerprint density at radius 2 is 1.24 bits per heavy atom. The summed E-state index contributed by atoms with van der Waals surface area (Å²) in [7, 11) is -3.18. The fraction of sp³-hybridized carbons (Fsp3) is 0.333. The topological polar surface area (TPSA) is 35.5 Å². The summed E-state index contributed by atoms with van der Waals surface area (Å²) in [5.74, 6) is 0. The van der Waals surface area contributed by atoms with E-state index in [0.717, 1.165) is 16.7 Å². The van der Waals surface area contributed by atoms with Gasteiger partial charge in [-0.2, -0.15) is 0 Å². The first kappa shape index (κ1) is 18.1. The van der Waals surface area contributed by atoms with Crippen molar-refractivity contribution in [3.8, 4) is 0 Å². The minimum absolute atomic E-state index is 0.249. The summed E-state index contributed by atoms with van der Waals surface area (Å²) in [5, 5.41) is 0. The predicted molar refractivity (Wildman–Crippen MR) is 103 cm³/mol. The van der Waals surface area contributed by atoms with Crippen molar-refractivity contribution in [2.75, 3.05) is 6.16 Å². The Bertz CT molecular complexity index is 746. The molecule has 0 aliphatic carbocycles. The van der Waals surface area contributed by atoms with Crippen LogP contribution in [0.15, 0.2) is 66.7 Å². The molecule has 0 saturated carbocycles. The molecule has 0 spiro atoms. The van der Waals surface area contributed by atoms with Gasteiger partial charge in [0.2, 0.25) is 0 Å². The molecule has 0 amide bonds. The van der Waals surface area contributed by atoms with Crippen molar-refractivity contribution in [1.82, 2.24) is 0 Å². The summed E-state index contributed by atoms with van der Waals surface area (Å²) in [6.07, 6.45) is 2.22.